The molecule has 0 spiro atoms. The number of nitrogens with two attached hydrogens (primary N) is 1. The molecule has 0 aromatic carbocycles. The summed E-state index contributed by atoms with van der Waals surface area (Å²) in [7, 11) is 3.70. The predicted molar refractivity (Wildman–Crippen MR) is 64.0 cm³/mol. The van der Waals surface area contributed by atoms with Gasteiger partial charge in [0.15, 0.2) is 5.82 Å². The number of carbonyl (C=O) groups is 1. The lowest BCUT2D eigenvalue weighted by molar-refractivity contribution is 0.1000. The summed E-state index contributed by atoms with van der Waals surface area (Å²) in [6.07, 6.45) is 3.31. The van der Waals surface area contributed by atoms with Gasteiger partial charge in [0.1, 0.15) is 5.82 Å². The molecular weight excluding hydrogens is 218 g/mol. The van der Waals surface area contributed by atoms with E-state index in [9.17, 15) is 4.79 Å². The number of aromatic nitrogens is 3. The van der Waals surface area contributed by atoms with E-state index in [-0.39, 0.29) is 0 Å². The largest absolute Gasteiger partial charge is 0.366 e. The molecule has 0 radical (unpaired) electrons. The van der Waals surface area contributed by atoms with Crippen molar-refractivity contribution in [1.82, 2.24) is 14.8 Å². The highest BCUT2D eigenvalue weighted by atomic mass is 16.1. The summed E-state index contributed by atoms with van der Waals surface area (Å²) in [5.74, 6) is 1.00. The van der Waals surface area contributed by atoms with Crippen LogP contribution in [0.2, 0.25) is 0 Å². The van der Waals surface area contributed by atoms with Crippen LogP contribution < -0.4 is 10.6 Å². The minimum absolute atomic E-state index is 0.392. The third-order valence-electron chi connectivity index (χ3n) is 2.42. The fourth-order valence-electron chi connectivity index (χ4n) is 1.43. The Morgan fingerprint density at radius 2 is 2.12 bits per heavy atom. The highest BCUT2D eigenvalue weighted by Crippen LogP contribution is 2.18. The summed E-state index contributed by atoms with van der Waals surface area (Å²) in [5.41, 5.74) is 5.54. The van der Waals surface area contributed by atoms with Crippen LogP contribution in [0.3, 0.4) is 0 Å². The van der Waals surface area contributed by atoms with Gasteiger partial charge in [-0.15, -0.1) is 0 Å². The molecule has 17 heavy (non-hydrogen) atoms. The van der Waals surface area contributed by atoms with Crippen molar-refractivity contribution in [3.63, 3.8) is 0 Å². The van der Waals surface area contributed by atoms with E-state index in [0.29, 0.717) is 11.4 Å². The van der Waals surface area contributed by atoms with Crippen molar-refractivity contribution >= 4 is 17.5 Å². The van der Waals surface area contributed by atoms with E-state index < -0.39 is 5.91 Å². The number of aryl methyl sites for hydroxylation is 1. The maximum Gasteiger partial charge on any atom is 0.250 e. The molecule has 0 unspecified atom stereocenters. The molecule has 6 heteroatoms. The topological polar surface area (TPSA) is 77.0 Å². The van der Waals surface area contributed by atoms with E-state index in [1.807, 2.05) is 31.3 Å². The van der Waals surface area contributed by atoms with Crippen LogP contribution >= 0.6 is 0 Å². The molecular formula is C11H13N5O. The summed E-state index contributed by atoms with van der Waals surface area (Å²) in [6, 6.07) is 5.25. The lowest BCUT2D eigenvalue weighted by atomic mass is 10.2. The molecule has 0 aliphatic carbocycles. The molecule has 0 aliphatic heterocycles. The minimum Gasteiger partial charge on any atom is -0.366 e. The highest BCUT2D eigenvalue weighted by molar-refractivity contribution is 5.92. The van der Waals surface area contributed by atoms with Gasteiger partial charge in [0.25, 0.3) is 0 Å². The molecule has 2 aromatic heterocycles. The van der Waals surface area contributed by atoms with Gasteiger partial charge in [-0.3, -0.25) is 9.48 Å². The Labute approximate surface area is 98.7 Å². The number of carbonyl (C=O) groups excluding carboxylic acids is 1. The maximum absolute atomic E-state index is 10.9. The van der Waals surface area contributed by atoms with Crippen LogP contribution in [0.25, 0.3) is 0 Å². The van der Waals surface area contributed by atoms with Crippen molar-refractivity contribution in [2.24, 2.45) is 12.8 Å². The van der Waals surface area contributed by atoms with Crippen LogP contribution in [0.4, 0.5) is 11.6 Å². The second-order valence-corrected chi connectivity index (χ2v) is 3.68. The molecule has 0 saturated carbocycles. The Bertz CT molecular complexity index is 531. The molecule has 0 bridgehead atoms. The van der Waals surface area contributed by atoms with Gasteiger partial charge in [0, 0.05) is 32.6 Å². The fraction of sp³-hybridized carbons (Fsp3) is 0.182. The normalized spacial score (nSPS) is 10.2. The molecule has 1 amide bonds. The minimum atomic E-state index is -0.482. The zero-order valence-electron chi connectivity index (χ0n) is 9.66. The molecule has 88 valence electrons. The van der Waals surface area contributed by atoms with Crippen LogP contribution in [0.5, 0.6) is 0 Å². The lowest BCUT2D eigenvalue weighted by Gasteiger charge is -2.14. The van der Waals surface area contributed by atoms with E-state index in [1.165, 1.54) is 6.20 Å². The van der Waals surface area contributed by atoms with Crippen LogP contribution in [-0.2, 0) is 7.05 Å². The van der Waals surface area contributed by atoms with Crippen molar-refractivity contribution in [1.29, 1.82) is 0 Å². The monoisotopic (exact) mass is 231 g/mol. The van der Waals surface area contributed by atoms with Crippen LogP contribution in [0.15, 0.2) is 30.6 Å². The molecule has 0 saturated heterocycles. The van der Waals surface area contributed by atoms with E-state index in [4.69, 9.17) is 5.73 Å². The van der Waals surface area contributed by atoms with Crippen molar-refractivity contribution < 1.29 is 4.79 Å². The van der Waals surface area contributed by atoms with Crippen LogP contribution in [0.1, 0.15) is 10.4 Å². The number of primary amides is 1. The first-order valence-corrected chi connectivity index (χ1v) is 5.07. The van der Waals surface area contributed by atoms with E-state index in [0.717, 1.165) is 5.82 Å². The summed E-state index contributed by atoms with van der Waals surface area (Å²) in [4.78, 5) is 16.9. The molecule has 2 rings (SSSR count). The first-order chi connectivity index (χ1) is 8.08. The van der Waals surface area contributed by atoms with Gasteiger partial charge in [0.2, 0.25) is 5.91 Å². The first kappa shape index (κ1) is 11.1. The number of hydrogen-bond acceptors (Lipinski definition) is 4. The van der Waals surface area contributed by atoms with Crippen LogP contribution in [0, 0.1) is 0 Å². The Hall–Kier alpha value is -2.37. The third-order valence-corrected chi connectivity index (χ3v) is 2.42. The van der Waals surface area contributed by atoms with Crippen molar-refractivity contribution in [2.45, 2.75) is 0 Å². The molecule has 6 nitrogen and oxygen atoms in total. The number of anilines is 2. The molecule has 2 heterocycles. The molecule has 0 atom stereocenters. The quantitative estimate of drug-likeness (QED) is 0.842. The van der Waals surface area contributed by atoms with Gasteiger partial charge in [0.05, 0.1) is 5.56 Å². The average molecular weight is 231 g/mol. The highest BCUT2D eigenvalue weighted by Gasteiger charge is 2.08. The summed E-state index contributed by atoms with van der Waals surface area (Å²) in [5, 5.41) is 4.26. The second-order valence-electron chi connectivity index (χ2n) is 3.68. The van der Waals surface area contributed by atoms with Crippen LogP contribution in [-0.4, -0.2) is 27.7 Å². The van der Waals surface area contributed by atoms with Gasteiger partial charge in [-0.25, -0.2) is 4.98 Å². The SMILES string of the molecule is CN(c1ccc(C(N)=O)cn1)c1ccn(C)n1. The maximum atomic E-state index is 10.9. The fourth-order valence-corrected chi connectivity index (χ4v) is 1.43. The number of amides is 1. The number of rotatable bonds is 3. The Kier molecular flexibility index (Phi) is 2.78. The van der Waals surface area contributed by atoms with Gasteiger partial charge < -0.3 is 10.6 Å². The van der Waals surface area contributed by atoms with Crippen molar-refractivity contribution in [2.75, 3.05) is 11.9 Å². The lowest BCUT2D eigenvalue weighted by Crippen LogP contribution is -2.14. The predicted octanol–water partition coefficient (Wildman–Crippen LogP) is 0.682. The first-order valence-electron chi connectivity index (χ1n) is 5.07. The molecule has 2 aromatic rings. The average Bonchev–Trinajstić information content (AvgIpc) is 2.75. The Morgan fingerprint density at radius 3 is 2.59 bits per heavy atom. The zero-order valence-corrected chi connectivity index (χ0v) is 9.66. The Balaban J connectivity index is 2.25. The summed E-state index contributed by atoms with van der Waals surface area (Å²) in [6.45, 7) is 0. The standard InChI is InChI=1S/C11H13N5O/c1-15-6-5-10(14-15)16(2)9-4-3-8(7-13-9)11(12)17/h3-7H,1-2H3,(H2,12,17). The summed E-state index contributed by atoms with van der Waals surface area (Å²) >= 11 is 0. The van der Waals surface area contributed by atoms with Gasteiger partial charge in [-0.1, -0.05) is 0 Å². The second kappa shape index (κ2) is 4.25. The van der Waals surface area contributed by atoms with Crippen molar-refractivity contribution in [3.05, 3.63) is 36.2 Å². The van der Waals surface area contributed by atoms with Crippen molar-refractivity contribution in [3.8, 4) is 0 Å². The molecule has 0 aliphatic rings. The van der Waals surface area contributed by atoms with Gasteiger partial charge in [-0.2, -0.15) is 5.10 Å². The molecule has 0 fully saturated rings. The number of nitrogens with zero attached hydrogens (tertiary/aromatic N) is 4. The van der Waals surface area contributed by atoms with Gasteiger partial charge >= 0.3 is 0 Å². The van der Waals surface area contributed by atoms with E-state index in [2.05, 4.69) is 10.1 Å². The number of hydrogen-bond donors (Lipinski definition) is 1. The summed E-state index contributed by atoms with van der Waals surface area (Å²) < 4.78 is 1.71. The molecule has 2 N–H and O–H groups in total. The van der Waals surface area contributed by atoms with E-state index in [1.54, 1.807) is 16.8 Å². The third kappa shape index (κ3) is 2.25. The van der Waals surface area contributed by atoms with Gasteiger partial charge in [-0.05, 0) is 12.1 Å². The smallest absolute Gasteiger partial charge is 0.250 e. The number of pyridine rings is 1. The zero-order chi connectivity index (χ0) is 12.4. The Morgan fingerprint density at radius 1 is 1.35 bits per heavy atom. The van der Waals surface area contributed by atoms with E-state index >= 15 is 0 Å².